The minimum absolute atomic E-state index is 0.317. The van der Waals surface area contributed by atoms with Crippen molar-refractivity contribution in [3.8, 4) is 0 Å². The van der Waals surface area contributed by atoms with Crippen LogP contribution in [0.4, 0.5) is 13.2 Å². The molecule has 3 nitrogen and oxygen atoms in total. The van der Waals surface area contributed by atoms with Gasteiger partial charge in [-0.25, -0.2) is 4.98 Å². The summed E-state index contributed by atoms with van der Waals surface area (Å²) in [7, 11) is 0. The maximum absolute atomic E-state index is 12.6. The van der Waals surface area contributed by atoms with Crippen LogP contribution in [0.15, 0.2) is 22.9 Å². The maximum atomic E-state index is 12.6. The molecule has 2 aromatic heterocycles. The Morgan fingerprint density at radius 2 is 2.15 bits per heavy atom. The lowest BCUT2D eigenvalue weighted by atomic mass is 10.1. The number of aromatic nitrogens is 1. The number of hydrogen-bond donors (Lipinski definition) is 1. The predicted octanol–water partition coefficient (Wildman–Crippen LogP) is 4.02. The van der Waals surface area contributed by atoms with Crippen molar-refractivity contribution in [2.24, 2.45) is 0 Å². The van der Waals surface area contributed by atoms with Gasteiger partial charge in [-0.1, -0.05) is 13.8 Å². The number of nitrogens with zero attached hydrogens (tertiary/aromatic N) is 1. The number of furan rings is 1. The number of nitrogens with one attached hydrogen (secondary N) is 1. The van der Waals surface area contributed by atoms with E-state index in [1.54, 1.807) is 12.3 Å². The molecule has 1 atom stereocenters. The van der Waals surface area contributed by atoms with Crippen LogP contribution in [0.3, 0.4) is 0 Å². The van der Waals surface area contributed by atoms with E-state index in [2.05, 4.69) is 10.3 Å². The van der Waals surface area contributed by atoms with Crippen LogP contribution in [-0.2, 0) is 12.6 Å². The van der Waals surface area contributed by atoms with Crippen LogP contribution in [0.5, 0.6) is 0 Å². The monoisotopic (exact) mass is 304 g/mol. The highest BCUT2D eigenvalue weighted by molar-refractivity contribution is 7.11. The molecule has 1 N–H and O–H groups in total. The molecule has 0 fully saturated rings. The molecular formula is C13H15F3N2OS. The average Bonchev–Trinajstić information content (AvgIpc) is 3.04. The zero-order chi connectivity index (χ0) is 14.8. The summed E-state index contributed by atoms with van der Waals surface area (Å²) in [6.07, 6.45) is -0.865. The molecule has 0 spiro atoms. The van der Waals surface area contributed by atoms with Crippen molar-refractivity contribution in [3.05, 3.63) is 39.7 Å². The van der Waals surface area contributed by atoms with Crippen LogP contribution in [-0.4, -0.2) is 11.5 Å². The molecule has 2 aromatic rings. The Hall–Kier alpha value is -1.34. The van der Waals surface area contributed by atoms with Crippen LogP contribution in [0.1, 0.15) is 41.1 Å². The lowest BCUT2D eigenvalue weighted by molar-refractivity contribution is -0.137. The first-order valence-corrected chi connectivity index (χ1v) is 7.11. The molecule has 0 radical (unpaired) electrons. The van der Waals surface area contributed by atoms with Gasteiger partial charge in [-0.3, -0.25) is 0 Å². The third-order valence-corrected chi connectivity index (χ3v) is 3.98. The summed E-state index contributed by atoms with van der Waals surface area (Å²) in [6, 6.07) is 1.47. The number of aryl methyl sites for hydroxylation is 1. The Balaban J connectivity index is 2.36. The quantitative estimate of drug-likeness (QED) is 0.906. The fourth-order valence-corrected chi connectivity index (χ4v) is 2.89. The van der Waals surface area contributed by atoms with Gasteiger partial charge < -0.3 is 9.73 Å². The molecule has 0 aromatic carbocycles. The number of alkyl halides is 3. The van der Waals surface area contributed by atoms with Crippen molar-refractivity contribution in [2.45, 2.75) is 32.5 Å². The lowest BCUT2D eigenvalue weighted by Gasteiger charge is -2.15. The van der Waals surface area contributed by atoms with Crippen LogP contribution >= 0.6 is 11.3 Å². The number of rotatable bonds is 5. The van der Waals surface area contributed by atoms with E-state index in [0.717, 1.165) is 11.3 Å². The minimum Gasteiger partial charge on any atom is -0.469 e. The number of halogens is 3. The Morgan fingerprint density at radius 1 is 1.40 bits per heavy atom. The van der Waals surface area contributed by atoms with Crippen molar-refractivity contribution in [1.82, 2.24) is 10.3 Å². The van der Waals surface area contributed by atoms with E-state index < -0.39 is 11.2 Å². The molecule has 0 aliphatic carbocycles. The van der Waals surface area contributed by atoms with Crippen LogP contribution < -0.4 is 5.32 Å². The number of thiazole rings is 1. The predicted molar refractivity (Wildman–Crippen MR) is 70.7 cm³/mol. The molecule has 0 aliphatic rings. The molecule has 0 saturated carbocycles. The van der Waals surface area contributed by atoms with Gasteiger partial charge in [0.25, 0.3) is 0 Å². The van der Waals surface area contributed by atoms with Gasteiger partial charge in [0, 0.05) is 23.1 Å². The Bertz CT molecular complexity index is 562. The second kappa shape index (κ2) is 5.97. The second-order valence-corrected chi connectivity index (χ2v) is 5.27. The molecule has 0 saturated heterocycles. The van der Waals surface area contributed by atoms with Gasteiger partial charge in [-0.2, -0.15) is 13.2 Å². The van der Waals surface area contributed by atoms with Crippen molar-refractivity contribution >= 4 is 11.3 Å². The lowest BCUT2D eigenvalue weighted by Crippen LogP contribution is -2.21. The summed E-state index contributed by atoms with van der Waals surface area (Å²) in [4.78, 5) is 4.02. The molecule has 110 valence electrons. The summed E-state index contributed by atoms with van der Waals surface area (Å²) in [5.41, 5.74) is 0.867. The minimum atomic E-state index is -4.40. The zero-order valence-electron chi connectivity index (χ0n) is 11.1. The molecule has 2 heterocycles. The van der Waals surface area contributed by atoms with Gasteiger partial charge in [-0.05, 0) is 12.6 Å². The Kier molecular flexibility index (Phi) is 4.49. The van der Waals surface area contributed by atoms with Crippen molar-refractivity contribution in [1.29, 1.82) is 0 Å². The van der Waals surface area contributed by atoms with E-state index >= 15 is 0 Å². The van der Waals surface area contributed by atoms with Gasteiger partial charge in [0.1, 0.15) is 5.76 Å². The highest BCUT2D eigenvalue weighted by atomic mass is 32.1. The summed E-state index contributed by atoms with van der Waals surface area (Å²) in [5, 5.41) is 2.36. The maximum Gasteiger partial charge on any atom is 0.443 e. The van der Waals surface area contributed by atoms with E-state index in [9.17, 15) is 13.2 Å². The van der Waals surface area contributed by atoms with Gasteiger partial charge in [0.2, 0.25) is 0 Å². The van der Waals surface area contributed by atoms with Crippen LogP contribution in [0.2, 0.25) is 0 Å². The van der Waals surface area contributed by atoms with Crippen molar-refractivity contribution in [3.63, 3.8) is 0 Å². The van der Waals surface area contributed by atoms with Crippen LogP contribution in [0, 0.1) is 0 Å². The normalized spacial score (nSPS) is 13.7. The largest absolute Gasteiger partial charge is 0.469 e. The fraction of sp³-hybridized carbons (Fsp3) is 0.462. The third kappa shape index (κ3) is 3.04. The van der Waals surface area contributed by atoms with E-state index in [1.165, 1.54) is 6.20 Å². The van der Waals surface area contributed by atoms with Crippen molar-refractivity contribution < 1.29 is 17.6 Å². The summed E-state index contributed by atoms with van der Waals surface area (Å²) >= 11 is 0.665. The van der Waals surface area contributed by atoms with E-state index in [0.29, 0.717) is 29.2 Å². The topological polar surface area (TPSA) is 38.1 Å². The Morgan fingerprint density at radius 3 is 2.70 bits per heavy atom. The summed E-state index contributed by atoms with van der Waals surface area (Å²) < 4.78 is 43.3. The smallest absolute Gasteiger partial charge is 0.443 e. The molecule has 0 bridgehead atoms. The van der Waals surface area contributed by atoms with Crippen molar-refractivity contribution in [2.75, 3.05) is 6.54 Å². The van der Waals surface area contributed by atoms with Gasteiger partial charge in [-0.15, -0.1) is 11.3 Å². The molecule has 20 heavy (non-hydrogen) atoms. The van der Waals surface area contributed by atoms with E-state index in [1.807, 2.05) is 13.8 Å². The summed E-state index contributed by atoms with van der Waals surface area (Å²) in [5.74, 6) is 0.776. The third-order valence-electron chi connectivity index (χ3n) is 2.87. The van der Waals surface area contributed by atoms with Gasteiger partial charge in [0.05, 0.1) is 12.3 Å². The molecular weight excluding hydrogens is 289 g/mol. The molecule has 0 amide bonds. The van der Waals surface area contributed by atoms with E-state index in [4.69, 9.17) is 4.42 Å². The first-order valence-electron chi connectivity index (χ1n) is 6.29. The first-order chi connectivity index (χ1) is 9.47. The standard InChI is InChI=1S/C13H15F3N2OS/c1-3-9-8(5-6-19-9)11(17-4-2)10-7-18-12(20-10)13(14,15)16/h5-7,11,17H,3-4H2,1-2H3. The highest BCUT2D eigenvalue weighted by Gasteiger charge is 2.35. The average molecular weight is 304 g/mol. The fourth-order valence-electron chi connectivity index (χ4n) is 2.01. The van der Waals surface area contributed by atoms with Crippen LogP contribution in [0.25, 0.3) is 0 Å². The first kappa shape index (κ1) is 15.1. The SMILES string of the molecule is CCNC(c1cnc(C(F)(F)F)s1)c1ccoc1CC. The van der Waals surface area contributed by atoms with Gasteiger partial charge >= 0.3 is 6.18 Å². The molecule has 1 unspecified atom stereocenters. The molecule has 0 aliphatic heterocycles. The van der Waals surface area contributed by atoms with Gasteiger partial charge in [0.15, 0.2) is 5.01 Å². The molecule has 2 rings (SSSR count). The zero-order valence-corrected chi connectivity index (χ0v) is 11.9. The highest BCUT2D eigenvalue weighted by Crippen LogP contribution is 2.36. The Labute approximate surface area is 118 Å². The second-order valence-electron chi connectivity index (χ2n) is 4.21. The number of hydrogen-bond acceptors (Lipinski definition) is 4. The van der Waals surface area contributed by atoms with E-state index in [-0.39, 0.29) is 6.04 Å². The summed E-state index contributed by atoms with van der Waals surface area (Å²) in [6.45, 7) is 4.49. The molecule has 7 heteroatoms.